The number of methoxy groups -OCH3 is 1. The summed E-state index contributed by atoms with van der Waals surface area (Å²) in [6.45, 7) is 6.44. The fourth-order valence-corrected chi connectivity index (χ4v) is 3.62. The largest absolute Gasteiger partial charge is 0.377 e. The van der Waals surface area contributed by atoms with Gasteiger partial charge in [0, 0.05) is 32.8 Å². The van der Waals surface area contributed by atoms with Crippen LogP contribution in [0.15, 0.2) is 35.3 Å². The number of aromatic amines is 1. The number of carbonyl (C=O) groups is 1. The van der Waals surface area contributed by atoms with Gasteiger partial charge in [-0.05, 0) is 56.0 Å². The zero-order chi connectivity index (χ0) is 19.6. The molecule has 1 aliphatic rings. The van der Waals surface area contributed by atoms with Crippen LogP contribution in [-0.4, -0.2) is 41.2 Å². The van der Waals surface area contributed by atoms with E-state index in [-0.39, 0.29) is 23.1 Å². The van der Waals surface area contributed by atoms with E-state index in [1.165, 1.54) is 6.92 Å². The standard InChI is InChI=1S/C20H26N4O3/c1-13(25)22-17-10-14(7-8-21-17)15-11-18(23-19(26)12-15)24-9-5-6-16(24)20(2,3)27-4/h7-8,10-12,16H,5-6,9H2,1-4H3,(H,23,26)(H,21,22,25). The summed E-state index contributed by atoms with van der Waals surface area (Å²) < 4.78 is 5.69. The Morgan fingerprint density at radius 3 is 2.81 bits per heavy atom. The van der Waals surface area contributed by atoms with Gasteiger partial charge in [-0.1, -0.05) is 0 Å². The highest BCUT2D eigenvalue weighted by Crippen LogP contribution is 2.33. The van der Waals surface area contributed by atoms with Crippen molar-refractivity contribution in [3.63, 3.8) is 0 Å². The van der Waals surface area contributed by atoms with E-state index in [1.54, 1.807) is 25.4 Å². The Kier molecular flexibility index (Phi) is 5.32. The summed E-state index contributed by atoms with van der Waals surface area (Å²) in [6.07, 6.45) is 3.68. The Labute approximate surface area is 158 Å². The number of anilines is 2. The predicted octanol–water partition coefficient (Wildman–Crippen LogP) is 2.79. The molecule has 0 aliphatic carbocycles. The number of carbonyl (C=O) groups excluding carboxylic acids is 1. The first-order valence-corrected chi connectivity index (χ1v) is 9.10. The highest BCUT2D eigenvalue weighted by Gasteiger charge is 2.38. The van der Waals surface area contributed by atoms with Crippen molar-refractivity contribution in [3.05, 3.63) is 40.8 Å². The number of rotatable bonds is 5. The van der Waals surface area contributed by atoms with Crippen LogP contribution in [0.3, 0.4) is 0 Å². The summed E-state index contributed by atoms with van der Waals surface area (Å²) in [4.78, 5) is 32.9. The maximum atomic E-state index is 12.3. The molecule has 2 aromatic heterocycles. The Bertz CT molecular complexity index is 891. The first-order valence-electron chi connectivity index (χ1n) is 9.10. The second kappa shape index (κ2) is 7.52. The molecule has 0 spiro atoms. The van der Waals surface area contributed by atoms with E-state index in [4.69, 9.17) is 4.74 Å². The lowest BCUT2D eigenvalue weighted by Crippen LogP contribution is -2.47. The number of hydrogen-bond donors (Lipinski definition) is 2. The monoisotopic (exact) mass is 370 g/mol. The first-order chi connectivity index (χ1) is 12.8. The maximum absolute atomic E-state index is 12.3. The summed E-state index contributed by atoms with van der Waals surface area (Å²) >= 11 is 0. The average Bonchev–Trinajstić information content (AvgIpc) is 3.11. The molecule has 3 heterocycles. The lowest BCUT2D eigenvalue weighted by molar-refractivity contribution is -0.114. The van der Waals surface area contributed by atoms with Crippen molar-refractivity contribution in [3.8, 4) is 11.1 Å². The van der Waals surface area contributed by atoms with Crippen LogP contribution in [0.4, 0.5) is 11.6 Å². The van der Waals surface area contributed by atoms with Gasteiger partial charge in [0.25, 0.3) is 0 Å². The summed E-state index contributed by atoms with van der Waals surface area (Å²) in [7, 11) is 1.72. The lowest BCUT2D eigenvalue weighted by Gasteiger charge is -2.37. The molecule has 0 bridgehead atoms. The van der Waals surface area contributed by atoms with Crippen LogP contribution in [-0.2, 0) is 9.53 Å². The minimum Gasteiger partial charge on any atom is -0.377 e. The Hall–Kier alpha value is -2.67. The summed E-state index contributed by atoms with van der Waals surface area (Å²) in [5, 5.41) is 2.67. The summed E-state index contributed by atoms with van der Waals surface area (Å²) in [5.74, 6) is 1.05. The van der Waals surface area contributed by atoms with Crippen molar-refractivity contribution in [1.29, 1.82) is 0 Å². The molecule has 1 amide bonds. The molecule has 0 saturated carbocycles. The van der Waals surface area contributed by atoms with Crippen molar-refractivity contribution >= 4 is 17.5 Å². The lowest BCUT2D eigenvalue weighted by atomic mass is 9.96. The van der Waals surface area contributed by atoms with Crippen molar-refractivity contribution in [2.75, 3.05) is 23.9 Å². The average molecular weight is 370 g/mol. The van der Waals surface area contributed by atoms with E-state index >= 15 is 0 Å². The van der Waals surface area contributed by atoms with Gasteiger partial charge in [0.05, 0.1) is 11.6 Å². The second-order valence-electron chi connectivity index (χ2n) is 7.39. The third-order valence-electron chi connectivity index (χ3n) is 5.12. The number of nitrogens with one attached hydrogen (secondary N) is 2. The van der Waals surface area contributed by atoms with Crippen molar-refractivity contribution < 1.29 is 9.53 Å². The smallest absolute Gasteiger partial charge is 0.250 e. The minimum absolute atomic E-state index is 0.165. The van der Waals surface area contributed by atoms with E-state index in [2.05, 4.69) is 34.0 Å². The van der Waals surface area contributed by atoms with E-state index in [0.29, 0.717) is 5.82 Å². The molecular formula is C20H26N4O3. The number of amides is 1. The highest BCUT2D eigenvalue weighted by molar-refractivity contribution is 5.88. The first kappa shape index (κ1) is 19.1. The molecule has 1 fully saturated rings. The molecule has 2 aromatic rings. The fraction of sp³-hybridized carbons (Fsp3) is 0.450. The normalized spacial score (nSPS) is 17.2. The predicted molar refractivity (Wildman–Crippen MR) is 106 cm³/mol. The molecule has 27 heavy (non-hydrogen) atoms. The van der Waals surface area contributed by atoms with Crippen molar-refractivity contribution in [2.24, 2.45) is 0 Å². The Balaban J connectivity index is 1.98. The molecule has 1 unspecified atom stereocenters. The van der Waals surface area contributed by atoms with E-state index in [9.17, 15) is 9.59 Å². The number of H-pyrrole nitrogens is 1. The molecule has 1 atom stereocenters. The molecule has 0 radical (unpaired) electrons. The van der Waals surface area contributed by atoms with Crippen LogP contribution in [0, 0.1) is 0 Å². The topological polar surface area (TPSA) is 87.3 Å². The molecular weight excluding hydrogens is 344 g/mol. The maximum Gasteiger partial charge on any atom is 0.250 e. The number of aromatic nitrogens is 2. The van der Waals surface area contributed by atoms with E-state index in [0.717, 1.165) is 36.3 Å². The second-order valence-corrected chi connectivity index (χ2v) is 7.39. The third-order valence-corrected chi connectivity index (χ3v) is 5.12. The zero-order valence-corrected chi connectivity index (χ0v) is 16.2. The fourth-order valence-electron chi connectivity index (χ4n) is 3.62. The van der Waals surface area contributed by atoms with Gasteiger partial charge in [-0.25, -0.2) is 4.98 Å². The Morgan fingerprint density at radius 1 is 1.33 bits per heavy atom. The van der Waals surface area contributed by atoms with E-state index < -0.39 is 0 Å². The zero-order valence-electron chi connectivity index (χ0n) is 16.2. The number of ether oxygens (including phenoxy) is 1. The highest BCUT2D eigenvalue weighted by atomic mass is 16.5. The van der Waals surface area contributed by atoms with Gasteiger partial charge in [-0.15, -0.1) is 0 Å². The van der Waals surface area contributed by atoms with Crippen LogP contribution in [0.25, 0.3) is 11.1 Å². The van der Waals surface area contributed by atoms with Gasteiger partial charge in [-0.2, -0.15) is 0 Å². The summed E-state index contributed by atoms with van der Waals surface area (Å²) in [5.41, 5.74) is 1.12. The summed E-state index contributed by atoms with van der Waals surface area (Å²) in [6, 6.07) is 7.30. The van der Waals surface area contributed by atoms with Gasteiger partial charge >= 0.3 is 0 Å². The molecule has 7 heteroatoms. The van der Waals surface area contributed by atoms with E-state index in [1.807, 2.05) is 12.1 Å². The number of hydrogen-bond acceptors (Lipinski definition) is 5. The molecule has 144 valence electrons. The molecule has 7 nitrogen and oxygen atoms in total. The van der Waals surface area contributed by atoms with Gasteiger partial charge in [0.15, 0.2) is 0 Å². The molecule has 3 rings (SSSR count). The quantitative estimate of drug-likeness (QED) is 0.845. The van der Waals surface area contributed by atoms with Crippen molar-refractivity contribution in [1.82, 2.24) is 9.97 Å². The van der Waals surface area contributed by atoms with Crippen LogP contribution in [0.1, 0.15) is 33.6 Å². The van der Waals surface area contributed by atoms with Gasteiger partial charge in [0.2, 0.25) is 11.5 Å². The molecule has 1 aliphatic heterocycles. The van der Waals surface area contributed by atoms with Gasteiger partial charge < -0.3 is 19.9 Å². The number of pyridine rings is 2. The minimum atomic E-state index is -0.321. The third kappa shape index (κ3) is 4.19. The van der Waals surface area contributed by atoms with Gasteiger partial charge in [0.1, 0.15) is 11.6 Å². The van der Waals surface area contributed by atoms with Crippen LogP contribution in [0.2, 0.25) is 0 Å². The SMILES string of the molecule is COC(C)(C)C1CCCN1c1cc(-c2ccnc(NC(C)=O)c2)cc(=O)[nH]1. The van der Waals surface area contributed by atoms with Crippen LogP contribution >= 0.6 is 0 Å². The Morgan fingerprint density at radius 2 is 2.11 bits per heavy atom. The molecule has 0 aromatic carbocycles. The number of nitrogens with zero attached hydrogens (tertiary/aromatic N) is 2. The van der Waals surface area contributed by atoms with Crippen LogP contribution in [0.5, 0.6) is 0 Å². The molecule has 2 N–H and O–H groups in total. The van der Waals surface area contributed by atoms with Crippen molar-refractivity contribution in [2.45, 2.75) is 45.3 Å². The van der Waals surface area contributed by atoms with Gasteiger partial charge in [-0.3, -0.25) is 9.59 Å². The van der Waals surface area contributed by atoms with Crippen LogP contribution < -0.4 is 15.8 Å². The molecule has 1 saturated heterocycles.